The molecule has 1 aliphatic rings. The lowest BCUT2D eigenvalue weighted by Crippen LogP contribution is -2.27. The molecular weight excluding hydrogens is 466 g/mol. The lowest BCUT2D eigenvalue weighted by Gasteiger charge is -2.15. The molecule has 2 aromatic carbocycles. The van der Waals surface area contributed by atoms with Gasteiger partial charge in [0.05, 0.1) is 15.9 Å². The minimum Gasteiger partial charge on any atom is -0.328 e. The van der Waals surface area contributed by atoms with E-state index in [9.17, 15) is 18.0 Å². The number of sulfonamides is 1. The Hall–Kier alpha value is -3.24. The summed E-state index contributed by atoms with van der Waals surface area (Å²) in [5, 5.41) is 5.56. The van der Waals surface area contributed by atoms with Crippen LogP contribution >= 0.6 is 0 Å². The van der Waals surface area contributed by atoms with Crippen molar-refractivity contribution >= 4 is 44.2 Å². The van der Waals surface area contributed by atoms with Crippen LogP contribution in [0, 0.1) is 0 Å². The monoisotopic (exact) mass is 497 g/mol. The highest BCUT2D eigenvalue weighted by molar-refractivity contribution is 7.89. The molecule has 0 bridgehead atoms. The first-order chi connectivity index (χ1) is 16.8. The summed E-state index contributed by atoms with van der Waals surface area (Å²) >= 11 is 0. The van der Waals surface area contributed by atoms with Crippen LogP contribution < -0.4 is 10.6 Å². The van der Waals surface area contributed by atoms with Gasteiger partial charge < -0.3 is 15.2 Å². The highest BCUT2D eigenvalue weighted by atomic mass is 32.2. The smallest absolute Gasteiger partial charge is 0.243 e. The van der Waals surface area contributed by atoms with E-state index in [1.165, 1.54) is 11.2 Å². The maximum Gasteiger partial charge on any atom is 0.243 e. The van der Waals surface area contributed by atoms with E-state index in [1.807, 2.05) is 6.07 Å². The van der Waals surface area contributed by atoms with Gasteiger partial charge in [-0.1, -0.05) is 13.0 Å². The lowest BCUT2D eigenvalue weighted by molar-refractivity contribution is -0.116. The summed E-state index contributed by atoms with van der Waals surface area (Å²) in [7, 11) is -3.52. The number of rotatable bonds is 9. The number of amides is 2. The van der Waals surface area contributed by atoms with Crippen LogP contribution in [0.25, 0.3) is 11.0 Å². The van der Waals surface area contributed by atoms with Crippen LogP contribution in [0.2, 0.25) is 0 Å². The molecule has 9 nitrogen and oxygen atoms in total. The second-order valence-corrected chi connectivity index (χ2v) is 10.7. The van der Waals surface area contributed by atoms with Crippen molar-refractivity contribution in [3.05, 3.63) is 48.3 Å². The molecule has 186 valence electrons. The number of nitrogens with one attached hydrogen (secondary N) is 2. The predicted molar refractivity (Wildman–Crippen MR) is 136 cm³/mol. The second-order valence-electron chi connectivity index (χ2n) is 8.75. The SMILES string of the molecule is CCCn1c(CCC(=O)Nc2cccc(NC(C)=O)c2)nc2cc(S(=O)(=O)N3CCCC3)ccc21. The van der Waals surface area contributed by atoms with Gasteiger partial charge in [-0.2, -0.15) is 4.31 Å². The van der Waals surface area contributed by atoms with Gasteiger partial charge in [0.15, 0.2) is 0 Å². The molecule has 2 heterocycles. The van der Waals surface area contributed by atoms with Crippen molar-refractivity contribution in [1.29, 1.82) is 0 Å². The van der Waals surface area contributed by atoms with Crippen LogP contribution in [-0.4, -0.2) is 47.2 Å². The number of anilines is 2. The van der Waals surface area contributed by atoms with E-state index in [1.54, 1.807) is 36.4 Å². The van der Waals surface area contributed by atoms with Crippen LogP contribution in [0.4, 0.5) is 11.4 Å². The summed E-state index contributed by atoms with van der Waals surface area (Å²) in [6, 6.07) is 12.1. The van der Waals surface area contributed by atoms with Crippen molar-refractivity contribution in [2.24, 2.45) is 0 Å². The summed E-state index contributed by atoms with van der Waals surface area (Å²) in [6.07, 6.45) is 3.29. The second kappa shape index (κ2) is 10.6. The number of nitrogens with zero attached hydrogens (tertiary/aromatic N) is 3. The molecule has 2 amide bonds. The first kappa shape index (κ1) is 24.9. The Balaban J connectivity index is 1.50. The summed E-state index contributed by atoms with van der Waals surface area (Å²) in [5.41, 5.74) is 2.70. The molecule has 0 saturated carbocycles. The van der Waals surface area contributed by atoms with Gasteiger partial charge in [0.1, 0.15) is 5.82 Å². The zero-order valence-electron chi connectivity index (χ0n) is 20.1. The number of aryl methyl sites for hydroxylation is 2. The Kier molecular flexibility index (Phi) is 7.51. The Labute approximate surface area is 205 Å². The topological polar surface area (TPSA) is 113 Å². The maximum atomic E-state index is 13.0. The van der Waals surface area contributed by atoms with Crippen LogP contribution in [0.1, 0.15) is 45.4 Å². The molecule has 4 rings (SSSR count). The Morgan fingerprint density at radius 3 is 2.43 bits per heavy atom. The number of aromatic nitrogens is 2. The molecule has 0 unspecified atom stereocenters. The fraction of sp³-hybridized carbons (Fsp3) is 0.400. The molecule has 0 atom stereocenters. The highest BCUT2D eigenvalue weighted by Gasteiger charge is 2.27. The van der Waals surface area contributed by atoms with Crippen molar-refractivity contribution in [3.63, 3.8) is 0 Å². The predicted octanol–water partition coefficient (Wildman–Crippen LogP) is 3.76. The summed E-state index contributed by atoms with van der Waals surface area (Å²) < 4.78 is 29.6. The minimum atomic E-state index is -3.52. The summed E-state index contributed by atoms with van der Waals surface area (Å²) in [5.74, 6) is 0.400. The first-order valence-corrected chi connectivity index (χ1v) is 13.4. The van der Waals surface area contributed by atoms with Gasteiger partial charge in [-0.3, -0.25) is 9.59 Å². The lowest BCUT2D eigenvalue weighted by atomic mass is 10.2. The van der Waals surface area contributed by atoms with Crippen LogP contribution in [0.15, 0.2) is 47.4 Å². The number of carbonyl (C=O) groups is 2. The Morgan fingerprint density at radius 2 is 1.74 bits per heavy atom. The molecule has 1 saturated heterocycles. The van der Waals surface area contributed by atoms with E-state index in [4.69, 9.17) is 4.98 Å². The molecule has 0 radical (unpaired) electrons. The van der Waals surface area contributed by atoms with E-state index in [0.29, 0.717) is 36.4 Å². The third-order valence-corrected chi connectivity index (χ3v) is 7.89. The van der Waals surface area contributed by atoms with Gasteiger partial charge in [-0.05, 0) is 55.7 Å². The third kappa shape index (κ3) is 5.71. The van der Waals surface area contributed by atoms with Gasteiger partial charge >= 0.3 is 0 Å². The molecule has 10 heteroatoms. The number of benzene rings is 2. The van der Waals surface area contributed by atoms with Crippen molar-refractivity contribution in [2.75, 3.05) is 23.7 Å². The first-order valence-electron chi connectivity index (χ1n) is 11.9. The minimum absolute atomic E-state index is 0.169. The number of hydrogen-bond donors (Lipinski definition) is 2. The van der Waals surface area contributed by atoms with E-state index in [2.05, 4.69) is 22.1 Å². The Morgan fingerprint density at radius 1 is 1.03 bits per heavy atom. The standard InChI is InChI=1S/C25H31N5O4S/c1-3-13-30-23-10-9-21(35(33,34)29-14-4-5-15-29)17-22(23)28-24(30)11-12-25(32)27-20-8-6-7-19(16-20)26-18(2)31/h6-10,16-17H,3-5,11-15H2,1-2H3,(H,26,31)(H,27,32). The van der Waals surface area contributed by atoms with Crippen LogP contribution in [-0.2, 0) is 32.6 Å². The number of fused-ring (bicyclic) bond motifs is 1. The number of imidazole rings is 1. The van der Waals surface area contributed by atoms with Gasteiger partial charge in [0.25, 0.3) is 0 Å². The van der Waals surface area contributed by atoms with E-state index >= 15 is 0 Å². The highest BCUT2D eigenvalue weighted by Crippen LogP contribution is 2.26. The fourth-order valence-corrected chi connectivity index (χ4v) is 5.93. The van der Waals surface area contributed by atoms with Gasteiger partial charge in [0.2, 0.25) is 21.8 Å². The molecule has 0 spiro atoms. The van der Waals surface area contributed by atoms with Crippen molar-refractivity contribution in [3.8, 4) is 0 Å². The fourth-order valence-electron chi connectivity index (χ4n) is 4.39. The molecule has 1 fully saturated rings. The summed E-state index contributed by atoms with van der Waals surface area (Å²) in [6.45, 7) is 5.33. The molecule has 1 aliphatic heterocycles. The van der Waals surface area contributed by atoms with Crippen LogP contribution in [0.3, 0.4) is 0 Å². The largest absolute Gasteiger partial charge is 0.328 e. The number of hydrogen-bond acceptors (Lipinski definition) is 5. The summed E-state index contributed by atoms with van der Waals surface area (Å²) in [4.78, 5) is 28.9. The zero-order valence-corrected chi connectivity index (χ0v) is 20.9. The number of carbonyl (C=O) groups excluding carboxylic acids is 2. The van der Waals surface area contributed by atoms with Gasteiger partial charge in [-0.25, -0.2) is 13.4 Å². The van der Waals surface area contributed by atoms with E-state index < -0.39 is 10.0 Å². The average Bonchev–Trinajstić information content (AvgIpc) is 3.47. The normalized spacial score (nSPS) is 14.3. The molecule has 1 aromatic heterocycles. The van der Waals surface area contributed by atoms with Crippen molar-refractivity contribution < 1.29 is 18.0 Å². The van der Waals surface area contributed by atoms with Crippen molar-refractivity contribution in [2.45, 2.75) is 57.4 Å². The van der Waals surface area contributed by atoms with Crippen LogP contribution in [0.5, 0.6) is 0 Å². The average molecular weight is 498 g/mol. The van der Waals surface area contributed by atoms with E-state index in [0.717, 1.165) is 37.1 Å². The third-order valence-electron chi connectivity index (χ3n) is 5.99. The van der Waals surface area contributed by atoms with Gasteiger partial charge in [0, 0.05) is 50.8 Å². The Bertz CT molecular complexity index is 1340. The molecule has 0 aliphatic carbocycles. The zero-order chi connectivity index (χ0) is 25.0. The molecular formula is C25H31N5O4S. The molecule has 3 aromatic rings. The quantitative estimate of drug-likeness (QED) is 0.467. The molecule has 35 heavy (non-hydrogen) atoms. The maximum absolute atomic E-state index is 13.0. The van der Waals surface area contributed by atoms with Crippen molar-refractivity contribution in [1.82, 2.24) is 13.9 Å². The molecule has 2 N–H and O–H groups in total. The van der Waals surface area contributed by atoms with E-state index in [-0.39, 0.29) is 23.1 Å². The van der Waals surface area contributed by atoms with Gasteiger partial charge in [-0.15, -0.1) is 0 Å².